The standard InChI is InChI=1S/C16H14ClNO3S.C14H20O3/c17-14-7-6-13(22-14)15(19)11-8-9-18(10-11)16(20)21-12-4-2-1-3-5-12;1-6-11-7-9(2)12(10(3)8-11)17-14(4,5)13(15)16/h1-7,11H,8-10H2;7-8H,6H2,1-5H3,(H,15,16). The number of thiophene rings is 1. The van der Waals surface area contributed by atoms with E-state index in [1.54, 1.807) is 55.1 Å². The molecule has 2 heterocycles. The number of aliphatic carboxylic acids is 1. The summed E-state index contributed by atoms with van der Waals surface area (Å²) in [6.45, 7) is 10.0. The Kier molecular flexibility index (Phi) is 10.2. The van der Waals surface area contributed by atoms with Crippen molar-refractivity contribution in [3.63, 3.8) is 0 Å². The van der Waals surface area contributed by atoms with Crippen LogP contribution in [0.1, 0.15) is 53.6 Å². The Morgan fingerprint density at radius 3 is 2.26 bits per heavy atom. The van der Waals surface area contributed by atoms with Gasteiger partial charge >= 0.3 is 12.1 Å². The minimum Gasteiger partial charge on any atom is -0.478 e. The highest BCUT2D eigenvalue weighted by Gasteiger charge is 2.33. The number of para-hydroxylation sites is 1. The van der Waals surface area contributed by atoms with Crippen LogP contribution in [-0.4, -0.2) is 46.5 Å². The van der Waals surface area contributed by atoms with Gasteiger partial charge in [-0.05, 0) is 81.5 Å². The molecule has 0 saturated carbocycles. The number of carbonyl (C=O) groups is 3. The summed E-state index contributed by atoms with van der Waals surface area (Å²) < 4.78 is 11.5. The maximum Gasteiger partial charge on any atom is 0.415 e. The number of hydrogen-bond donors (Lipinski definition) is 1. The summed E-state index contributed by atoms with van der Waals surface area (Å²) in [7, 11) is 0. The summed E-state index contributed by atoms with van der Waals surface area (Å²) in [4.78, 5) is 37.7. The molecule has 208 valence electrons. The van der Waals surface area contributed by atoms with Gasteiger partial charge in [0.2, 0.25) is 0 Å². The van der Waals surface area contributed by atoms with Gasteiger partial charge < -0.3 is 19.5 Å². The molecule has 7 nitrogen and oxygen atoms in total. The van der Waals surface area contributed by atoms with Crippen LogP contribution in [0.3, 0.4) is 0 Å². The van der Waals surface area contributed by atoms with E-state index in [0.717, 1.165) is 17.5 Å². The molecule has 39 heavy (non-hydrogen) atoms. The van der Waals surface area contributed by atoms with Crippen molar-refractivity contribution in [1.82, 2.24) is 4.90 Å². The second-order valence-corrected chi connectivity index (χ2v) is 11.6. The lowest BCUT2D eigenvalue weighted by atomic mass is 10.0. The largest absolute Gasteiger partial charge is 0.478 e. The Labute approximate surface area is 238 Å². The van der Waals surface area contributed by atoms with Crippen molar-refractivity contribution < 1.29 is 29.0 Å². The van der Waals surface area contributed by atoms with Crippen LogP contribution in [0.2, 0.25) is 4.34 Å². The number of ketones is 1. The quantitative estimate of drug-likeness (QED) is 0.301. The van der Waals surface area contributed by atoms with E-state index >= 15 is 0 Å². The highest BCUT2D eigenvalue weighted by atomic mass is 35.5. The molecule has 1 aliphatic rings. The van der Waals surface area contributed by atoms with Crippen LogP contribution in [-0.2, 0) is 11.2 Å². The predicted molar refractivity (Wildman–Crippen MR) is 153 cm³/mol. The third kappa shape index (κ3) is 8.07. The lowest BCUT2D eigenvalue weighted by Gasteiger charge is -2.24. The fraction of sp³-hybridized carbons (Fsp3) is 0.367. The zero-order valence-corrected chi connectivity index (χ0v) is 24.4. The maximum atomic E-state index is 12.4. The third-order valence-corrected chi connectivity index (χ3v) is 7.63. The molecule has 4 rings (SSSR count). The molecule has 1 aliphatic heterocycles. The smallest absolute Gasteiger partial charge is 0.415 e. The van der Waals surface area contributed by atoms with Crippen molar-refractivity contribution >= 4 is 40.8 Å². The molecule has 9 heteroatoms. The maximum absolute atomic E-state index is 12.4. The van der Waals surface area contributed by atoms with Gasteiger partial charge in [-0.25, -0.2) is 9.59 Å². The number of carbonyl (C=O) groups excluding carboxylic acids is 2. The van der Waals surface area contributed by atoms with Gasteiger partial charge in [-0.15, -0.1) is 11.3 Å². The normalized spacial score (nSPS) is 14.8. The lowest BCUT2D eigenvalue weighted by Crippen LogP contribution is -2.38. The van der Waals surface area contributed by atoms with Gasteiger partial charge in [-0.1, -0.05) is 48.9 Å². The molecule has 2 aromatic carbocycles. The van der Waals surface area contributed by atoms with Gasteiger partial charge in [0.25, 0.3) is 0 Å². The number of Topliss-reactive ketones (excluding diaryl/α,β-unsaturated/α-hetero) is 1. The zero-order chi connectivity index (χ0) is 28.7. The number of benzene rings is 2. The Balaban J connectivity index is 0.000000224. The van der Waals surface area contributed by atoms with Crippen molar-refractivity contribution in [3.05, 3.63) is 80.5 Å². The van der Waals surface area contributed by atoms with Crippen molar-refractivity contribution in [2.45, 2.75) is 53.1 Å². The number of carboxylic acid groups (broad SMARTS) is 1. The first-order chi connectivity index (χ1) is 18.4. The molecule has 0 spiro atoms. The van der Waals surface area contributed by atoms with E-state index < -0.39 is 17.7 Å². The van der Waals surface area contributed by atoms with Crippen LogP contribution < -0.4 is 9.47 Å². The first kappa shape index (κ1) is 30.2. The van der Waals surface area contributed by atoms with Crippen LogP contribution in [0.4, 0.5) is 4.79 Å². The molecule has 0 aliphatic carbocycles. The van der Waals surface area contributed by atoms with Gasteiger partial charge in [0, 0.05) is 19.0 Å². The zero-order valence-electron chi connectivity index (χ0n) is 22.8. The van der Waals surface area contributed by atoms with Gasteiger partial charge in [0.1, 0.15) is 11.5 Å². The fourth-order valence-electron chi connectivity index (χ4n) is 4.15. The summed E-state index contributed by atoms with van der Waals surface area (Å²) in [6, 6.07) is 16.5. The average molecular weight is 572 g/mol. The van der Waals surface area contributed by atoms with E-state index in [9.17, 15) is 14.4 Å². The molecule has 0 radical (unpaired) electrons. The highest BCUT2D eigenvalue weighted by Crippen LogP contribution is 2.29. The minimum atomic E-state index is -1.21. The number of ether oxygens (including phenoxy) is 2. The molecule has 0 bridgehead atoms. The molecule has 1 saturated heterocycles. The van der Waals surface area contributed by atoms with E-state index in [2.05, 4.69) is 6.92 Å². The van der Waals surface area contributed by atoms with Crippen LogP contribution >= 0.6 is 22.9 Å². The number of halogens is 1. The van der Waals surface area contributed by atoms with Gasteiger partial charge in [-0.2, -0.15) is 0 Å². The Morgan fingerprint density at radius 2 is 1.72 bits per heavy atom. The molecular weight excluding hydrogens is 538 g/mol. The second kappa shape index (κ2) is 13.1. The lowest BCUT2D eigenvalue weighted by molar-refractivity contribution is -0.152. The summed E-state index contributed by atoms with van der Waals surface area (Å²) >= 11 is 7.14. The highest BCUT2D eigenvalue weighted by molar-refractivity contribution is 7.18. The molecule has 1 atom stereocenters. The average Bonchev–Trinajstić information content (AvgIpc) is 3.56. The van der Waals surface area contributed by atoms with Crippen molar-refractivity contribution in [2.24, 2.45) is 5.92 Å². The topological polar surface area (TPSA) is 93.1 Å². The number of nitrogens with zero attached hydrogens (tertiary/aromatic N) is 1. The van der Waals surface area contributed by atoms with Crippen molar-refractivity contribution in [1.29, 1.82) is 0 Å². The van der Waals surface area contributed by atoms with E-state index in [4.69, 9.17) is 26.2 Å². The minimum absolute atomic E-state index is 0.0481. The number of rotatable bonds is 7. The number of aryl methyl sites for hydroxylation is 3. The van der Waals surface area contributed by atoms with Crippen molar-refractivity contribution in [2.75, 3.05) is 13.1 Å². The summed E-state index contributed by atoms with van der Waals surface area (Å²) in [5, 5.41) is 9.06. The van der Waals surface area contributed by atoms with E-state index in [1.165, 1.54) is 16.9 Å². The number of amides is 1. The van der Waals surface area contributed by atoms with E-state index in [-0.39, 0.29) is 11.7 Å². The summed E-state index contributed by atoms with van der Waals surface area (Å²) in [5.41, 5.74) is 2.00. The molecule has 1 aromatic heterocycles. The van der Waals surface area contributed by atoms with Gasteiger partial charge in [0.15, 0.2) is 11.4 Å². The number of hydrogen-bond acceptors (Lipinski definition) is 6. The third-order valence-electron chi connectivity index (χ3n) is 6.38. The monoisotopic (exact) mass is 571 g/mol. The van der Waals surface area contributed by atoms with Crippen LogP contribution in [0.25, 0.3) is 0 Å². The molecule has 1 fully saturated rings. The molecule has 1 N–H and O–H groups in total. The van der Waals surface area contributed by atoms with Crippen LogP contribution in [0, 0.1) is 19.8 Å². The molecule has 1 unspecified atom stereocenters. The Hall–Kier alpha value is -3.36. The number of likely N-dealkylation sites (tertiary alicyclic amines) is 1. The Bertz CT molecular complexity index is 1300. The van der Waals surface area contributed by atoms with E-state index in [1.807, 2.05) is 32.0 Å². The van der Waals surface area contributed by atoms with E-state index in [0.29, 0.717) is 40.2 Å². The predicted octanol–water partition coefficient (Wildman–Crippen LogP) is 7.21. The Morgan fingerprint density at radius 1 is 1.08 bits per heavy atom. The molecular formula is C30H34ClNO6S. The van der Waals surface area contributed by atoms with Crippen molar-refractivity contribution in [3.8, 4) is 11.5 Å². The molecule has 3 aromatic rings. The SMILES string of the molecule is CCc1cc(C)c(OC(C)(C)C(=O)O)c(C)c1.O=C(c1ccc(Cl)s1)C1CCN(C(=O)Oc2ccccc2)C1. The van der Waals surface area contributed by atoms with Gasteiger partial charge in [0.05, 0.1) is 9.21 Å². The second-order valence-electron chi connectivity index (χ2n) is 9.91. The fourth-order valence-corrected chi connectivity index (χ4v) is 5.21. The first-order valence-electron chi connectivity index (χ1n) is 12.7. The number of carboxylic acids is 1. The van der Waals surface area contributed by atoms with Gasteiger partial charge in [-0.3, -0.25) is 4.79 Å². The summed E-state index contributed by atoms with van der Waals surface area (Å²) in [6.07, 6.45) is 1.20. The van der Waals surface area contributed by atoms with Crippen LogP contribution in [0.5, 0.6) is 11.5 Å². The summed E-state index contributed by atoms with van der Waals surface area (Å²) in [5.74, 6) is 0.0859. The molecule has 1 amide bonds. The first-order valence-corrected chi connectivity index (χ1v) is 13.9. The van der Waals surface area contributed by atoms with Crippen LogP contribution in [0.15, 0.2) is 54.6 Å².